The van der Waals surface area contributed by atoms with Crippen molar-refractivity contribution in [2.45, 2.75) is 64.9 Å². The molecule has 2 aromatic rings. The number of amides is 1. The quantitative estimate of drug-likeness (QED) is 0.746. The summed E-state index contributed by atoms with van der Waals surface area (Å²) in [6.07, 6.45) is 0.970. The number of hydrogen-bond donors (Lipinski definition) is 2. The first-order valence-corrected chi connectivity index (χ1v) is 9.02. The van der Waals surface area contributed by atoms with Gasteiger partial charge in [-0.25, -0.2) is 9.78 Å². The fourth-order valence-electron chi connectivity index (χ4n) is 2.46. The maximum Gasteiger partial charge on any atom is 0.408 e. The Hall–Kier alpha value is -2.02. The molecule has 2 rings (SSSR count). The number of aromatic nitrogens is 4. The van der Waals surface area contributed by atoms with Crippen LogP contribution < -0.4 is 5.32 Å². The molecule has 1 unspecified atom stereocenters. The Morgan fingerprint density at radius 1 is 1.33 bits per heavy atom. The highest BCUT2D eigenvalue weighted by Crippen LogP contribution is 2.36. The van der Waals surface area contributed by atoms with Gasteiger partial charge in [-0.2, -0.15) is 13.9 Å². The molecule has 0 aromatic carbocycles. The van der Waals surface area contributed by atoms with E-state index in [-0.39, 0.29) is 12.2 Å². The van der Waals surface area contributed by atoms with Crippen LogP contribution in [-0.4, -0.2) is 37.0 Å². The Labute approximate surface area is 159 Å². The average molecular weight is 401 g/mol. The highest BCUT2D eigenvalue weighted by Gasteiger charge is 2.32. The Kier molecular flexibility index (Phi) is 5.66. The van der Waals surface area contributed by atoms with E-state index in [4.69, 9.17) is 4.74 Å². The van der Waals surface area contributed by atoms with Crippen LogP contribution in [0.5, 0.6) is 0 Å². The lowest BCUT2D eigenvalue weighted by atomic mass is 10.1. The molecule has 0 fully saturated rings. The van der Waals surface area contributed by atoms with Crippen LogP contribution in [0.15, 0.2) is 12.3 Å². The number of nitrogens with zero attached hydrogens (tertiary/aromatic N) is 3. The lowest BCUT2D eigenvalue weighted by Gasteiger charge is -2.29. The van der Waals surface area contributed by atoms with Gasteiger partial charge in [0.05, 0.1) is 29.7 Å². The van der Waals surface area contributed by atoms with E-state index < -0.39 is 22.9 Å². The highest BCUT2D eigenvalue weighted by atomic mass is 31.0. The second-order valence-electron chi connectivity index (χ2n) is 8.09. The fourth-order valence-corrected chi connectivity index (χ4v) is 2.60. The number of alkyl carbamates (subject to hydrolysis) is 1. The van der Waals surface area contributed by atoms with Gasteiger partial charge in [0.25, 0.3) is 0 Å². The highest BCUT2D eigenvalue weighted by molar-refractivity contribution is 7.17. The molecule has 10 heteroatoms. The summed E-state index contributed by atoms with van der Waals surface area (Å²) in [6, 6.07) is 1.31. The number of H-pyrrole nitrogens is 1. The van der Waals surface area contributed by atoms with Gasteiger partial charge in [-0.05, 0) is 47.6 Å². The summed E-state index contributed by atoms with van der Waals surface area (Å²) < 4.78 is 34.2. The number of aromatic amines is 1. The zero-order valence-electron chi connectivity index (χ0n) is 16.4. The van der Waals surface area contributed by atoms with Crippen LogP contribution in [-0.2, 0) is 16.9 Å². The summed E-state index contributed by atoms with van der Waals surface area (Å²) in [5.41, 5.74) is -3.98. The molecule has 27 heavy (non-hydrogen) atoms. The van der Waals surface area contributed by atoms with Gasteiger partial charge < -0.3 is 15.0 Å². The van der Waals surface area contributed by atoms with Crippen molar-refractivity contribution >= 4 is 15.3 Å². The molecule has 0 spiro atoms. The second-order valence-corrected chi connectivity index (χ2v) is 8.81. The van der Waals surface area contributed by atoms with Crippen molar-refractivity contribution < 1.29 is 18.3 Å². The van der Waals surface area contributed by atoms with Crippen molar-refractivity contribution in [3.8, 4) is 11.4 Å². The number of hydrogen-bond acceptors (Lipinski definition) is 4. The summed E-state index contributed by atoms with van der Waals surface area (Å²) in [4.78, 5) is 19.2. The van der Waals surface area contributed by atoms with E-state index in [0.29, 0.717) is 17.2 Å². The SMILES string of the molecule is Cc1ncc(-c2cc(C(F)(F)P)nn2CC(C)(C)NC(=O)OC(C)(C)C)[nH]1. The Morgan fingerprint density at radius 3 is 2.44 bits per heavy atom. The number of alkyl halides is 2. The summed E-state index contributed by atoms with van der Waals surface area (Å²) >= 11 is 0. The predicted octanol–water partition coefficient (Wildman–Crippen LogP) is 3.81. The van der Waals surface area contributed by atoms with Crippen molar-refractivity contribution in [1.29, 1.82) is 0 Å². The van der Waals surface area contributed by atoms with Crippen molar-refractivity contribution in [2.75, 3.05) is 0 Å². The first-order valence-electron chi connectivity index (χ1n) is 8.44. The number of imidazole rings is 1. The molecule has 7 nitrogen and oxygen atoms in total. The van der Waals surface area contributed by atoms with Crippen LogP contribution in [0.25, 0.3) is 11.4 Å². The Morgan fingerprint density at radius 2 is 1.96 bits per heavy atom. The third-order valence-corrected chi connectivity index (χ3v) is 3.78. The van der Waals surface area contributed by atoms with Crippen LogP contribution in [0.2, 0.25) is 0 Å². The predicted molar refractivity (Wildman–Crippen MR) is 102 cm³/mol. The number of halogens is 2. The number of carbonyl (C=O) groups excluding carboxylic acids is 1. The first kappa shape index (κ1) is 21.3. The van der Waals surface area contributed by atoms with Crippen LogP contribution >= 0.6 is 9.24 Å². The van der Waals surface area contributed by atoms with Crippen molar-refractivity contribution in [3.63, 3.8) is 0 Å². The number of ether oxygens (including phenoxy) is 1. The number of nitrogens with one attached hydrogen (secondary N) is 2. The smallest absolute Gasteiger partial charge is 0.408 e. The normalized spacial score (nSPS) is 12.9. The molecule has 0 aliphatic carbocycles. The molecule has 0 bridgehead atoms. The van der Waals surface area contributed by atoms with Gasteiger partial charge >= 0.3 is 11.8 Å². The third-order valence-electron chi connectivity index (χ3n) is 3.48. The molecule has 0 radical (unpaired) electrons. The molecule has 0 saturated carbocycles. The molecule has 1 amide bonds. The van der Waals surface area contributed by atoms with Gasteiger partial charge in [-0.15, -0.1) is 0 Å². The maximum atomic E-state index is 13.8. The molecule has 0 aliphatic rings. The van der Waals surface area contributed by atoms with Gasteiger partial charge in [-0.1, -0.05) is 9.24 Å². The van der Waals surface area contributed by atoms with Crippen LogP contribution in [0, 0.1) is 6.92 Å². The zero-order chi connectivity index (χ0) is 20.6. The van der Waals surface area contributed by atoms with Crippen molar-refractivity contribution in [3.05, 3.63) is 23.8 Å². The minimum atomic E-state index is -3.17. The van der Waals surface area contributed by atoms with E-state index in [0.717, 1.165) is 0 Å². The monoisotopic (exact) mass is 401 g/mol. The van der Waals surface area contributed by atoms with Gasteiger partial charge in [0.2, 0.25) is 0 Å². The van der Waals surface area contributed by atoms with E-state index in [1.54, 1.807) is 47.7 Å². The van der Waals surface area contributed by atoms with Gasteiger partial charge in [0, 0.05) is 0 Å². The molecule has 0 saturated heterocycles. The van der Waals surface area contributed by atoms with Crippen LogP contribution in [0.1, 0.15) is 46.1 Å². The Bertz CT molecular complexity index is 818. The van der Waals surface area contributed by atoms with Crippen molar-refractivity contribution in [1.82, 2.24) is 25.1 Å². The summed E-state index contributed by atoms with van der Waals surface area (Å²) in [5, 5.41) is 6.79. The molecule has 150 valence electrons. The van der Waals surface area contributed by atoms with E-state index in [1.165, 1.54) is 20.0 Å². The second kappa shape index (κ2) is 7.19. The van der Waals surface area contributed by atoms with E-state index in [1.807, 2.05) is 0 Å². The number of aryl methyl sites for hydroxylation is 1. The largest absolute Gasteiger partial charge is 0.444 e. The van der Waals surface area contributed by atoms with E-state index in [9.17, 15) is 13.6 Å². The number of rotatable bonds is 5. The topological polar surface area (TPSA) is 84.8 Å². The van der Waals surface area contributed by atoms with Gasteiger partial charge in [0.15, 0.2) is 0 Å². The average Bonchev–Trinajstić information content (AvgIpc) is 3.00. The maximum absolute atomic E-state index is 13.8. The third kappa shape index (κ3) is 5.99. The molecule has 2 heterocycles. The molecule has 2 aromatic heterocycles. The lowest BCUT2D eigenvalue weighted by Crippen LogP contribution is -2.48. The summed E-state index contributed by atoms with van der Waals surface area (Å²) in [7, 11) is 1.48. The fraction of sp³-hybridized carbons (Fsp3) is 0.588. The standard InChI is InChI=1S/C17H26F2N5O2P/c1-10-20-8-11(21-10)12-7-13(17(18,19)27)23-24(12)9-16(5,6)22-14(25)26-15(2,3)4/h7-8H,9,27H2,1-6H3,(H,20,21)(H,22,25). The van der Waals surface area contributed by atoms with Crippen molar-refractivity contribution in [2.24, 2.45) is 0 Å². The summed E-state index contributed by atoms with van der Waals surface area (Å²) in [6.45, 7) is 10.7. The van der Waals surface area contributed by atoms with Gasteiger partial charge in [0.1, 0.15) is 17.1 Å². The van der Waals surface area contributed by atoms with E-state index >= 15 is 0 Å². The lowest BCUT2D eigenvalue weighted by molar-refractivity contribution is 0.0460. The zero-order valence-corrected chi connectivity index (χ0v) is 17.5. The first-order chi connectivity index (χ1) is 12.2. The minimum Gasteiger partial charge on any atom is -0.444 e. The molecule has 1 atom stereocenters. The van der Waals surface area contributed by atoms with Gasteiger partial charge in [-0.3, -0.25) is 4.68 Å². The van der Waals surface area contributed by atoms with Crippen LogP contribution in [0.3, 0.4) is 0 Å². The van der Waals surface area contributed by atoms with E-state index in [2.05, 4.69) is 20.4 Å². The molecular formula is C17H26F2N5O2P. The van der Waals surface area contributed by atoms with Crippen LogP contribution in [0.4, 0.5) is 13.6 Å². The molecule has 2 N–H and O–H groups in total. The number of carbonyl (C=O) groups is 1. The summed E-state index contributed by atoms with van der Waals surface area (Å²) in [5.74, 6) is 0.656. The minimum absolute atomic E-state index is 0.153. The molecule has 0 aliphatic heterocycles. The molecular weight excluding hydrogens is 375 g/mol. The Balaban J connectivity index is 2.31.